The number of nitrogens with one attached hydrogen (secondary N) is 1. The second kappa shape index (κ2) is 6.10. The van der Waals surface area contributed by atoms with E-state index in [9.17, 15) is 0 Å². The monoisotopic (exact) mass is 231 g/mol. The van der Waals surface area contributed by atoms with Gasteiger partial charge in [0.1, 0.15) is 0 Å². The van der Waals surface area contributed by atoms with Gasteiger partial charge in [0.05, 0.1) is 23.5 Å². The number of halogens is 1. The molecule has 15 heavy (non-hydrogen) atoms. The molecular weight excluding hydrogens is 214 g/mol. The molecule has 0 saturated carbocycles. The van der Waals surface area contributed by atoms with E-state index in [4.69, 9.17) is 16.7 Å². The second-order valence-corrected chi connectivity index (χ2v) is 3.93. The van der Waals surface area contributed by atoms with Crippen LogP contribution in [0.1, 0.15) is 19.0 Å². The zero-order valence-electron chi connectivity index (χ0n) is 9.20. The van der Waals surface area contributed by atoms with Gasteiger partial charge >= 0.3 is 0 Å². The summed E-state index contributed by atoms with van der Waals surface area (Å²) in [5.41, 5.74) is 0.977. The Bertz CT molecular complexity index is 301. The Kier molecular flexibility index (Phi) is 5.08. The van der Waals surface area contributed by atoms with Gasteiger partial charge in [-0.1, -0.05) is 18.5 Å². The van der Waals surface area contributed by atoms with Crippen molar-refractivity contribution in [2.24, 2.45) is 0 Å². The summed E-state index contributed by atoms with van der Waals surface area (Å²) in [6.07, 6.45) is 2.50. The summed E-state index contributed by atoms with van der Waals surface area (Å²) >= 11 is 5.89. The predicted octanol–water partition coefficient (Wildman–Crippen LogP) is 1.21. The van der Waals surface area contributed by atoms with Crippen molar-refractivity contribution in [1.82, 2.24) is 15.1 Å². The Labute approximate surface area is 95.2 Å². The topological polar surface area (TPSA) is 50.1 Å². The molecule has 0 spiro atoms. The van der Waals surface area contributed by atoms with Crippen LogP contribution in [0.3, 0.4) is 0 Å². The van der Waals surface area contributed by atoms with Crippen LogP contribution in [0.2, 0.25) is 5.02 Å². The van der Waals surface area contributed by atoms with E-state index in [2.05, 4.69) is 10.4 Å². The molecule has 1 heterocycles. The lowest BCUT2D eigenvalue weighted by Crippen LogP contribution is -2.33. The SMILES string of the molecule is CCNC(CO)CCn1ncc(Cl)c1C. The Morgan fingerprint density at radius 3 is 2.87 bits per heavy atom. The van der Waals surface area contributed by atoms with Gasteiger partial charge in [0.2, 0.25) is 0 Å². The number of aromatic nitrogens is 2. The maximum absolute atomic E-state index is 9.09. The van der Waals surface area contributed by atoms with Crippen LogP contribution < -0.4 is 5.32 Å². The van der Waals surface area contributed by atoms with E-state index in [0.29, 0.717) is 5.02 Å². The second-order valence-electron chi connectivity index (χ2n) is 3.53. The average molecular weight is 232 g/mol. The molecule has 0 fully saturated rings. The van der Waals surface area contributed by atoms with Crippen molar-refractivity contribution >= 4 is 11.6 Å². The van der Waals surface area contributed by atoms with Crippen molar-refractivity contribution in [3.63, 3.8) is 0 Å². The van der Waals surface area contributed by atoms with Crippen molar-refractivity contribution in [3.8, 4) is 0 Å². The van der Waals surface area contributed by atoms with Crippen molar-refractivity contribution < 1.29 is 5.11 Å². The van der Waals surface area contributed by atoms with Gasteiger partial charge in [-0.3, -0.25) is 4.68 Å². The number of likely N-dealkylation sites (N-methyl/N-ethyl adjacent to an activating group) is 1. The van der Waals surface area contributed by atoms with Gasteiger partial charge in [0, 0.05) is 12.6 Å². The maximum Gasteiger partial charge on any atom is 0.0814 e. The first-order valence-corrected chi connectivity index (χ1v) is 5.59. The van der Waals surface area contributed by atoms with Gasteiger partial charge in [-0.15, -0.1) is 0 Å². The lowest BCUT2D eigenvalue weighted by Gasteiger charge is -2.15. The van der Waals surface area contributed by atoms with Crippen LogP contribution in [0.25, 0.3) is 0 Å². The summed E-state index contributed by atoms with van der Waals surface area (Å²) in [5.74, 6) is 0. The summed E-state index contributed by atoms with van der Waals surface area (Å²) in [7, 11) is 0. The van der Waals surface area contributed by atoms with Crippen LogP contribution in [-0.2, 0) is 6.54 Å². The van der Waals surface area contributed by atoms with E-state index in [0.717, 1.165) is 25.2 Å². The quantitative estimate of drug-likeness (QED) is 0.774. The number of rotatable bonds is 6. The number of aliphatic hydroxyl groups excluding tert-OH is 1. The van der Waals surface area contributed by atoms with Gasteiger partial charge in [-0.2, -0.15) is 5.10 Å². The first-order valence-electron chi connectivity index (χ1n) is 5.21. The molecule has 1 atom stereocenters. The number of hydrogen-bond donors (Lipinski definition) is 2. The summed E-state index contributed by atoms with van der Waals surface area (Å²) in [4.78, 5) is 0. The predicted molar refractivity (Wildman–Crippen MR) is 61.1 cm³/mol. The molecule has 1 aromatic heterocycles. The fourth-order valence-electron chi connectivity index (χ4n) is 1.47. The lowest BCUT2D eigenvalue weighted by atomic mass is 10.2. The maximum atomic E-state index is 9.09. The molecule has 5 heteroatoms. The molecule has 0 saturated heterocycles. The molecule has 0 bridgehead atoms. The van der Waals surface area contributed by atoms with Gasteiger partial charge in [0.15, 0.2) is 0 Å². The van der Waals surface area contributed by atoms with Gasteiger partial charge in [-0.25, -0.2) is 0 Å². The Morgan fingerprint density at radius 1 is 1.67 bits per heavy atom. The molecule has 1 rings (SSSR count). The van der Waals surface area contributed by atoms with Crippen molar-refractivity contribution in [2.75, 3.05) is 13.2 Å². The van der Waals surface area contributed by atoms with Gasteiger partial charge in [-0.05, 0) is 19.9 Å². The molecule has 86 valence electrons. The van der Waals surface area contributed by atoms with Crippen LogP contribution in [0.4, 0.5) is 0 Å². The minimum atomic E-state index is 0.136. The third-order valence-corrected chi connectivity index (χ3v) is 2.82. The van der Waals surface area contributed by atoms with Crippen LogP contribution in [-0.4, -0.2) is 34.1 Å². The largest absolute Gasteiger partial charge is 0.395 e. The first-order chi connectivity index (χ1) is 7.19. The Hall–Kier alpha value is -0.580. The Balaban J connectivity index is 2.45. The van der Waals surface area contributed by atoms with E-state index in [1.54, 1.807) is 6.20 Å². The van der Waals surface area contributed by atoms with Gasteiger partial charge < -0.3 is 10.4 Å². The number of nitrogens with zero attached hydrogens (tertiary/aromatic N) is 2. The first kappa shape index (κ1) is 12.5. The number of hydrogen-bond acceptors (Lipinski definition) is 3. The van der Waals surface area contributed by atoms with E-state index in [-0.39, 0.29) is 12.6 Å². The van der Waals surface area contributed by atoms with Crippen molar-refractivity contribution in [1.29, 1.82) is 0 Å². The van der Waals surface area contributed by atoms with E-state index < -0.39 is 0 Å². The normalized spacial score (nSPS) is 13.1. The summed E-state index contributed by atoms with van der Waals surface area (Å²) < 4.78 is 1.86. The standard InChI is InChI=1S/C10H18ClN3O/c1-3-12-9(7-15)4-5-14-8(2)10(11)6-13-14/h6,9,12,15H,3-5,7H2,1-2H3. The highest BCUT2D eigenvalue weighted by Gasteiger charge is 2.08. The summed E-state index contributed by atoms with van der Waals surface area (Å²) in [6.45, 7) is 5.76. The highest BCUT2D eigenvalue weighted by Crippen LogP contribution is 2.13. The third-order valence-electron chi connectivity index (χ3n) is 2.45. The molecule has 0 aromatic carbocycles. The van der Waals surface area contributed by atoms with Gasteiger partial charge in [0.25, 0.3) is 0 Å². The molecule has 0 aliphatic heterocycles. The van der Waals surface area contributed by atoms with Crippen molar-refractivity contribution in [2.45, 2.75) is 32.9 Å². The molecule has 0 amide bonds. The molecule has 0 aliphatic carbocycles. The highest BCUT2D eigenvalue weighted by atomic mass is 35.5. The number of aliphatic hydroxyl groups is 1. The zero-order chi connectivity index (χ0) is 11.3. The molecule has 4 nitrogen and oxygen atoms in total. The molecule has 2 N–H and O–H groups in total. The fourth-order valence-corrected chi connectivity index (χ4v) is 1.62. The van der Waals surface area contributed by atoms with Crippen molar-refractivity contribution in [3.05, 3.63) is 16.9 Å². The van der Waals surface area contributed by atoms with Crippen LogP contribution in [0.15, 0.2) is 6.20 Å². The molecular formula is C10H18ClN3O. The number of aryl methyl sites for hydroxylation is 1. The smallest absolute Gasteiger partial charge is 0.0814 e. The lowest BCUT2D eigenvalue weighted by molar-refractivity contribution is 0.231. The minimum Gasteiger partial charge on any atom is -0.395 e. The third kappa shape index (κ3) is 3.48. The van der Waals surface area contributed by atoms with Crippen LogP contribution in [0.5, 0.6) is 0 Å². The highest BCUT2D eigenvalue weighted by molar-refractivity contribution is 6.31. The van der Waals surface area contributed by atoms with E-state index in [1.165, 1.54) is 0 Å². The van der Waals surface area contributed by atoms with Crippen LogP contribution >= 0.6 is 11.6 Å². The zero-order valence-corrected chi connectivity index (χ0v) is 9.96. The van der Waals surface area contributed by atoms with E-state index >= 15 is 0 Å². The Morgan fingerprint density at radius 2 is 2.40 bits per heavy atom. The average Bonchev–Trinajstić information content (AvgIpc) is 2.55. The molecule has 1 aromatic rings. The minimum absolute atomic E-state index is 0.136. The summed E-state index contributed by atoms with van der Waals surface area (Å²) in [5, 5.41) is 17.1. The fraction of sp³-hybridized carbons (Fsp3) is 0.700. The van der Waals surface area contributed by atoms with E-state index in [1.807, 2.05) is 18.5 Å². The van der Waals surface area contributed by atoms with Crippen LogP contribution in [0, 0.1) is 6.92 Å². The summed E-state index contributed by atoms with van der Waals surface area (Å²) in [6, 6.07) is 0.136. The molecule has 0 aliphatic rings. The molecule has 1 unspecified atom stereocenters. The molecule has 0 radical (unpaired) electrons.